The van der Waals surface area contributed by atoms with Crippen molar-refractivity contribution in [2.24, 2.45) is 5.73 Å². The summed E-state index contributed by atoms with van der Waals surface area (Å²) in [6.45, 7) is 0. The second kappa shape index (κ2) is 5.62. The molecule has 1 heterocycles. The fourth-order valence-corrected chi connectivity index (χ4v) is 2.51. The number of hydrogen-bond donors (Lipinski definition) is 2. The van der Waals surface area contributed by atoms with Gasteiger partial charge in [0.05, 0.1) is 4.92 Å². The maximum absolute atomic E-state index is 11.0. The van der Waals surface area contributed by atoms with Gasteiger partial charge in [-0.15, -0.1) is 0 Å². The summed E-state index contributed by atoms with van der Waals surface area (Å²) >= 11 is 3.18. The summed E-state index contributed by atoms with van der Waals surface area (Å²) in [6.07, 6.45) is 5.63. The molecule has 1 aromatic heterocycles. The highest BCUT2D eigenvalue weighted by molar-refractivity contribution is 9.10. The molecule has 0 saturated heterocycles. The van der Waals surface area contributed by atoms with E-state index in [2.05, 4.69) is 26.2 Å². The lowest BCUT2D eigenvalue weighted by molar-refractivity contribution is -0.384. The van der Waals surface area contributed by atoms with E-state index in [1.165, 1.54) is 6.07 Å². The quantitative estimate of drug-likeness (QED) is 0.660. The van der Waals surface area contributed by atoms with Crippen molar-refractivity contribution in [2.45, 2.75) is 37.8 Å². The summed E-state index contributed by atoms with van der Waals surface area (Å²) in [7, 11) is 0. The molecule has 1 aliphatic carbocycles. The van der Waals surface area contributed by atoms with E-state index in [0.717, 1.165) is 25.7 Å². The van der Waals surface area contributed by atoms with Gasteiger partial charge in [0.1, 0.15) is 0 Å². The first-order chi connectivity index (χ1) is 8.58. The van der Waals surface area contributed by atoms with Gasteiger partial charge in [-0.3, -0.25) is 10.1 Å². The Morgan fingerprint density at radius 2 is 2.22 bits per heavy atom. The molecule has 0 aliphatic heterocycles. The van der Waals surface area contributed by atoms with Gasteiger partial charge in [0.15, 0.2) is 0 Å². The Morgan fingerprint density at radius 3 is 2.89 bits per heavy atom. The van der Waals surface area contributed by atoms with Crippen LogP contribution in [0, 0.1) is 10.1 Å². The van der Waals surface area contributed by atoms with Crippen molar-refractivity contribution in [3.63, 3.8) is 0 Å². The first kappa shape index (κ1) is 13.2. The number of pyridine rings is 1. The second-order valence-electron chi connectivity index (χ2n) is 4.48. The predicted molar refractivity (Wildman–Crippen MR) is 72.4 cm³/mol. The first-order valence-electron chi connectivity index (χ1n) is 5.90. The molecule has 1 aromatic rings. The Balaban J connectivity index is 2.20. The molecular formula is C11H15BrN4O2. The van der Waals surface area contributed by atoms with Crippen molar-refractivity contribution in [3.05, 3.63) is 26.9 Å². The van der Waals surface area contributed by atoms with Gasteiger partial charge in [-0.05, 0) is 28.8 Å². The van der Waals surface area contributed by atoms with E-state index in [-0.39, 0.29) is 17.8 Å². The van der Waals surface area contributed by atoms with Crippen LogP contribution in [0.3, 0.4) is 0 Å². The minimum absolute atomic E-state index is 0.0258. The minimum Gasteiger partial charge on any atom is -0.360 e. The van der Waals surface area contributed by atoms with Gasteiger partial charge in [0.2, 0.25) is 5.82 Å². The van der Waals surface area contributed by atoms with E-state index in [1.54, 1.807) is 6.20 Å². The van der Waals surface area contributed by atoms with E-state index >= 15 is 0 Å². The lowest BCUT2D eigenvalue weighted by Crippen LogP contribution is -2.42. The molecule has 1 fully saturated rings. The van der Waals surface area contributed by atoms with Crippen LogP contribution in [-0.2, 0) is 0 Å². The van der Waals surface area contributed by atoms with Crippen molar-refractivity contribution >= 4 is 27.4 Å². The van der Waals surface area contributed by atoms with E-state index in [9.17, 15) is 10.1 Å². The van der Waals surface area contributed by atoms with Crippen LogP contribution in [0.25, 0.3) is 0 Å². The van der Waals surface area contributed by atoms with Gasteiger partial charge < -0.3 is 11.1 Å². The number of nitrogens with two attached hydrogens (primary N) is 1. The van der Waals surface area contributed by atoms with Crippen LogP contribution in [-0.4, -0.2) is 22.0 Å². The summed E-state index contributed by atoms with van der Waals surface area (Å²) in [5.74, 6) is 0.297. The number of nitro groups is 1. The lowest BCUT2D eigenvalue weighted by Gasteiger charge is -2.29. The summed E-state index contributed by atoms with van der Waals surface area (Å²) in [5, 5.41) is 14.1. The highest BCUT2D eigenvalue weighted by Gasteiger charge is 2.25. The van der Waals surface area contributed by atoms with Crippen molar-refractivity contribution < 1.29 is 4.92 Å². The molecule has 7 heteroatoms. The zero-order valence-electron chi connectivity index (χ0n) is 9.80. The van der Waals surface area contributed by atoms with Gasteiger partial charge in [0.25, 0.3) is 0 Å². The molecule has 0 radical (unpaired) electrons. The Hall–Kier alpha value is -1.21. The first-order valence-corrected chi connectivity index (χ1v) is 6.69. The van der Waals surface area contributed by atoms with Gasteiger partial charge in [-0.2, -0.15) is 0 Å². The molecule has 6 nitrogen and oxygen atoms in total. The number of halogens is 1. The topological polar surface area (TPSA) is 94.1 Å². The molecule has 3 N–H and O–H groups in total. The third-order valence-corrected chi connectivity index (χ3v) is 3.61. The number of anilines is 1. The smallest absolute Gasteiger partial charge is 0.312 e. The van der Waals surface area contributed by atoms with Crippen LogP contribution < -0.4 is 11.1 Å². The zero-order valence-corrected chi connectivity index (χ0v) is 11.4. The minimum atomic E-state index is -0.436. The zero-order chi connectivity index (χ0) is 13.1. The van der Waals surface area contributed by atoms with Crippen molar-refractivity contribution in [2.75, 3.05) is 5.32 Å². The van der Waals surface area contributed by atoms with Crippen LogP contribution in [0.2, 0.25) is 0 Å². The van der Waals surface area contributed by atoms with Gasteiger partial charge in [0, 0.05) is 28.8 Å². The predicted octanol–water partition coefficient (Wildman–Crippen LogP) is 2.43. The van der Waals surface area contributed by atoms with Crippen LogP contribution in [0.4, 0.5) is 11.5 Å². The Morgan fingerprint density at radius 1 is 1.50 bits per heavy atom. The van der Waals surface area contributed by atoms with Crippen molar-refractivity contribution in [3.8, 4) is 0 Å². The van der Waals surface area contributed by atoms with Gasteiger partial charge >= 0.3 is 5.69 Å². The van der Waals surface area contributed by atoms with Gasteiger partial charge in [-0.25, -0.2) is 4.98 Å². The third kappa shape index (κ3) is 2.97. The fraction of sp³-hybridized carbons (Fsp3) is 0.545. The maximum atomic E-state index is 11.0. The maximum Gasteiger partial charge on any atom is 0.312 e. The summed E-state index contributed by atoms with van der Waals surface area (Å²) in [4.78, 5) is 14.6. The summed E-state index contributed by atoms with van der Waals surface area (Å²) < 4.78 is 0.590. The fourth-order valence-electron chi connectivity index (χ4n) is 2.19. The van der Waals surface area contributed by atoms with E-state index in [4.69, 9.17) is 5.73 Å². The molecular weight excluding hydrogens is 300 g/mol. The lowest BCUT2D eigenvalue weighted by atomic mass is 9.91. The average Bonchev–Trinajstić information content (AvgIpc) is 2.34. The molecule has 18 heavy (non-hydrogen) atoms. The molecule has 1 aliphatic rings. The van der Waals surface area contributed by atoms with Crippen LogP contribution in [0.1, 0.15) is 25.7 Å². The number of hydrogen-bond acceptors (Lipinski definition) is 5. The number of rotatable bonds is 3. The normalized spacial score (nSPS) is 23.7. The molecule has 0 spiro atoms. The largest absolute Gasteiger partial charge is 0.360 e. The third-order valence-electron chi connectivity index (χ3n) is 3.17. The molecule has 1 saturated carbocycles. The second-order valence-corrected chi connectivity index (χ2v) is 5.39. The monoisotopic (exact) mass is 314 g/mol. The standard InChI is InChI=1S/C11H15BrN4O2/c12-7-5-10(16(17)18)11(14-6-7)15-9-4-2-1-3-8(9)13/h5-6,8-9H,1-4,13H2,(H,14,15)/t8-,9-/m1/s1. The van der Waals surface area contributed by atoms with E-state index < -0.39 is 4.92 Å². The van der Waals surface area contributed by atoms with E-state index in [1.807, 2.05) is 0 Å². The molecule has 0 amide bonds. The highest BCUT2D eigenvalue weighted by Crippen LogP contribution is 2.28. The molecule has 98 valence electrons. The molecule has 0 unspecified atom stereocenters. The number of nitrogens with zero attached hydrogens (tertiary/aromatic N) is 2. The van der Waals surface area contributed by atoms with Crippen LogP contribution in [0.5, 0.6) is 0 Å². The van der Waals surface area contributed by atoms with Gasteiger partial charge in [-0.1, -0.05) is 12.8 Å². The molecule has 0 aromatic carbocycles. The molecule has 0 bridgehead atoms. The summed E-state index contributed by atoms with van der Waals surface area (Å²) in [6, 6.07) is 1.54. The van der Waals surface area contributed by atoms with Crippen molar-refractivity contribution in [1.29, 1.82) is 0 Å². The Bertz CT molecular complexity index is 455. The Labute approximate surface area is 113 Å². The number of nitrogens with one attached hydrogen (secondary N) is 1. The average molecular weight is 315 g/mol. The SMILES string of the molecule is N[C@@H]1CCCC[C@H]1Nc1ncc(Br)cc1[N+](=O)[O-]. The number of aromatic nitrogens is 1. The highest BCUT2D eigenvalue weighted by atomic mass is 79.9. The van der Waals surface area contributed by atoms with Crippen molar-refractivity contribution in [1.82, 2.24) is 4.98 Å². The Kier molecular flexibility index (Phi) is 4.13. The van der Waals surface area contributed by atoms with Crippen LogP contribution >= 0.6 is 15.9 Å². The summed E-state index contributed by atoms with van der Waals surface area (Å²) in [5.41, 5.74) is 5.99. The van der Waals surface area contributed by atoms with Crippen LogP contribution in [0.15, 0.2) is 16.7 Å². The molecule has 2 atom stereocenters. The molecule has 2 rings (SSSR count). The van der Waals surface area contributed by atoms with E-state index in [0.29, 0.717) is 10.3 Å².